The lowest BCUT2D eigenvalue weighted by Crippen LogP contribution is -2.52. The van der Waals surface area contributed by atoms with Gasteiger partial charge in [-0.05, 0) is 62.7 Å². The molecular weight excluding hydrogens is 336 g/mol. The van der Waals surface area contributed by atoms with Crippen molar-refractivity contribution in [3.8, 4) is 0 Å². The Morgan fingerprint density at radius 3 is 2.59 bits per heavy atom. The van der Waals surface area contributed by atoms with Crippen molar-refractivity contribution in [3.63, 3.8) is 0 Å². The van der Waals surface area contributed by atoms with Gasteiger partial charge in [0.15, 0.2) is 0 Å². The van der Waals surface area contributed by atoms with Gasteiger partial charge in [-0.3, -0.25) is 0 Å². The minimum Gasteiger partial charge on any atom is -0.390 e. The minimum absolute atomic E-state index is 0.0973. The zero-order chi connectivity index (χ0) is 16.5. The topological polar surface area (TPSA) is 20.2 Å². The van der Waals surface area contributed by atoms with Crippen LogP contribution in [0.25, 0.3) is 0 Å². The molecular formula is C20H33BrO. The Balaban J connectivity index is 2.32. The number of aliphatic hydroxyl groups is 1. The van der Waals surface area contributed by atoms with Gasteiger partial charge in [0.2, 0.25) is 0 Å². The Hall–Kier alpha value is -0.0800. The lowest BCUT2D eigenvalue weighted by Gasteiger charge is -2.52. The molecule has 0 aromatic carbocycles. The summed E-state index contributed by atoms with van der Waals surface area (Å²) in [5, 5.41) is 10.9. The standard InChI is InChI=1S/C20H33BrO/c1-14(2)16-8-6-7-9-17-19(4,12-10-15(16)3)18(21)11-13-20(17,5)22/h7,9,14,16-18,22H,3,6,8,10-13H2,1-2,4-5H3/b9-7+/t16?,17?,18-,19-,20+/m0/s1. The third-order valence-electron chi connectivity index (χ3n) is 6.29. The Labute approximate surface area is 145 Å². The van der Waals surface area contributed by atoms with Gasteiger partial charge in [0.05, 0.1) is 5.60 Å². The summed E-state index contributed by atoms with van der Waals surface area (Å²) >= 11 is 3.93. The fourth-order valence-electron chi connectivity index (χ4n) is 4.68. The average molecular weight is 369 g/mol. The molecule has 2 aliphatic carbocycles. The van der Waals surface area contributed by atoms with Crippen molar-refractivity contribution in [2.45, 2.75) is 76.6 Å². The summed E-state index contributed by atoms with van der Waals surface area (Å²) in [6.07, 6.45) is 11.0. The molecule has 1 N–H and O–H groups in total. The molecule has 0 aromatic rings. The van der Waals surface area contributed by atoms with Crippen molar-refractivity contribution < 1.29 is 5.11 Å². The summed E-state index contributed by atoms with van der Waals surface area (Å²) in [5.74, 6) is 1.52. The van der Waals surface area contributed by atoms with E-state index in [-0.39, 0.29) is 11.3 Å². The van der Waals surface area contributed by atoms with Crippen LogP contribution in [-0.4, -0.2) is 15.5 Å². The van der Waals surface area contributed by atoms with E-state index in [1.54, 1.807) is 0 Å². The molecule has 0 aliphatic heterocycles. The zero-order valence-corrected chi connectivity index (χ0v) is 16.3. The second-order valence-electron chi connectivity index (χ2n) is 8.36. The molecule has 2 unspecified atom stereocenters. The highest BCUT2D eigenvalue weighted by Gasteiger charge is 2.51. The van der Waals surface area contributed by atoms with Crippen LogP contribution < -0.4 is 0 Å². The monoisotopic (exact) mass is 368 g/mol. The van der Waals surface area contributed by atoms with Crippen LogP contribution >= 0.6 is 15.9 Å². The first-order valence-corrected chi connectivity index (χ1v) is 9.81. The third kappa shape index (κ3) is 3.53. The molecule has 126 valence electrons. The Kier molecular flexibility index (Phi) is 5.65. The molecule has 0 saturated heterocycles. The Bertz CT molecular complexity index is 437. The summed E-state index contributed by atoms with van der Waals surface area (Å²) in [6, 6.07) is 0. The number of hydrogen-bond donors (Lipinski definition) is 1. The highest BCUT2D eigenvalue weighted by molar-refractivity contribution is 9.09. The predicted molar refractivity (Wildman–Crippen MR) is 99.2 cm³/mol. The molecule has 0 bridgehead atoms. The van der Waals surface area contributed by atoms with Gasteiger partial charge in [0.25, 0.3) is 0 Å². The van der Waals surface area contributed by atoms with Crippen molar-refractivity contribution in [3.05, 3.63) is 24.3 Å². The summed E-state index contributed by atoms with van der Waals surface area (Å²) in [7, 11) is 0. The van der Waals surface area contributed by atoms with Crippen LogP contribution in [0.3, 0.4) is 0 Å². The van der Waals surface area contributed by atoms with E-state index in [2.05, 4.69) is 55.4 Å². The molecule has 0 radical (unpaired) electrons. The van der Waals surface area contributed by atoms with E-state index in [4.69, 9.17) is 0 Å². The van der Waals surface area contributed by atoms with Gasteiger partial charge in [-0.2, -0.15) is 0 Å². The first-order valence-electron chi connectivity index (χ1n) is 8.89. The highest BCUT2D eigenvalue weighted by atomic mass is 79.9. The van der Waals surface area contributed by atoms with Crippen LogP contribution in [-0.2, 0) is 0 Å². The summed E-state index contributed by atoms with van der Waals surface area (Å²) in [5.41, 5.74) is 0.920. The predicted octanol–water partition coefficient (Wildman–Crippen LogP) is 5.88. The molecule has 0 spiro atoms. The summed E-state index contributed by atoms with van der Waals surface area (Å²) in [6.45, 7) is 13.4. The minimum atomic E-state index is -0.590. The van der Waals surface area contributed by atoms with Gasteiger partial charge >= 0.3 is 0 Å². The summed E-state index contributed by atoms with van der Waals surface area (Å²) in [4.78, 5) is 0.472. The molecule has 22 heavy (non-hydrogen) atoms. The molecule has 0 aromatic heterocycles. The Morgan fingerprint density at radius 2 is 1.95 bits per heavy atom. The smallest absolute Gasteiger partial charge is 0.0688 e. The number of allylic oxidation sites excluding steroid dienone is 2. The molecule has 1 nitrogen and oxygen atoms in total. The lowest BCUT2D eigenvalue weighted by atomic mass is 9.58. The lowest BCUT2D eigenvalue weighted by molar-refractivity contribution is -0.0713. The maximum absolute atomic E-state index is 10.9. The number of fused-ring (bicyclic) bond motifs is 1. The van der Waals surface area contributed by atoms with Crippen LogP contribution in [0.1, 0.15) is 66.2 Å². The van der Waals surface area contributed by atoms with E-state index < -0.39 is 5.60 Å². The van der Waals surface area contributed by atoms with Crippen molar-refractivity contribution in [2.24, 2.45) is 23.2 Å². The molecule has 2 rings (SSSR count). The zero-order valence-electron chi connectivity index (χ0n) is 14.7. The van der Waals surface area contributed by atoms with E-state index in [9.17, 15) is 5.11 Å². The highest BCUT2D eigenvalue weighted by Crippen LogP contribution is 2.53. The molecule has 1 saturated carbocycles. The van der Waals surface area contributed by atoms with Crippen molar-refractivity contribution in [1.82, 2.24) is 0 Å². The number of hydrogen-bond acceptors (Lipinski definition) is 1. The largest absolute Gasteiger partial charge is 0.390 e. The van der Waals surface area contributed by atoms with Gasteiger partial charge in [-0.1, -0.05) is 61.0 Å². The fraction of sp³-hybridized carbons (Fsp3) is 0.800. The van der Waals surface area contributed by atoms with Gasteiger partial charge in [0.1, 0.15) is 0 Å². The van der Waals surface area contributed by atoms with Gasteiger partial charge in [-0.15, -0.1) is 0 Å². The first kappa shape index (κ1) is 18.3. The fourth-order valence-corrected chi connectivity index (χ4v) is 5.42. The van der Waals surface area contributed by atoms with E-state index in [1.807, 2.05) is 6.92 Å². The van der Waals surface area contributed by atoms with Crippen LogP contribution in [0.15, 0.2) is 24.3 Å². The van der Waals surface area contributed by atoms with Gasteiger partial charge in [0, 0.05) is 10.7 Å². The number of alkyl halides is 1. The van der Waals surface area contributed by atoms with Gasteiger partial charge < -0.3 is 5.11 Å². The SMILES string of the molecule is C=C1CC[C@@]2(C)C(/C=C/CCC1C(C)C)[C@](C)(O)CC[C@@H]2Br. The van der Waals surface area contributed by atoms with Crippen molar-refractivity contribution in [1.29, 1.82) is 0 Å². The molecule has 1 fully saturated rings. The Morgan fingerprint density at radius 1 is 1.27 bits per heavy atom. The quantitative estimate of drug-likeness (QED) is 0.452. The second kappa shape index (κ2) is 6.81. The first-order chi connectivity index (χ1) is 10.2. The molecule has 5 atom stereocenters. The third-order valence-corrected chi connectivity index (χ3v) is 7.79. The number of halogens is 1. The molecule has 2 heteroatoms. The molecule has 0 amide bonds. The van der Waals surface area contributed by atoms with Crippen molar-refractivity contribution in [2.75, 3.05) is 0 Å². The number of rotatable bonds is 1. The van der Waals surface area contributed by atoms with E-state index >= 15 is 0 Å². The molecule has 0 heterocycles. The maximum atomic E-state index is 10.9. The average Bonchev–Trinajstić information content (AvgIpc) is 2.43. The van der Waals surface area contributed by atoms with Crippen LogP contribution in [0, 0.1) is 23.2 Å². The van der Waals surface area contributed by atoms with Crippen LogP contribution in [0.5, 0.6) is 0 Å². The van der Waals surface area contributed by atoms with Gasteiger partial charge in [-0.25, -0.2) is 0 Å². The van der Waals surface area contributed by atoms with E-state index in [1.165, 1.54) is 12.0 Å². The van der Waals surface area contributed by atoms with Crippen LogP contribution in [0.4, 0.5) is 0 Å². The maximum Gasteiger partial charge on any atom is 0.0688 e. The normalized spacial score (nSPS) is 45.4. The summed E-state index contributed by atoms with van der Waals surface area (Å²) < 4.78 is 0. The second-order valence-corrected chi connectivity index (χ2v) is 9.47. The van der Waals surface area contributed by atoms with E-state index in [0.717, 1.165) is 32.1 Å². The molecule has 2 aliphatic rings. The van der Waals surface area contributed by atoms with Crippen LogP contribution in [0.2, 0.25) is 0 Å². The van der Waals surface area contributed by atoms with Crippen molar-refractivity contribution >= 4 is 15.9 Å². The van der Waals surface area contributed by atoms with E-state index in [0.29, 0.717) is 16.7 Å².